The van der Waals surface area contributed by atoms with E-state index in [2.05, 4.69) is 39.3 Å². The summed E-state index contributed by atoms with van der Waals surface area (Å²) in [5.74, 6) is 0.334. The number of halogens is 1. The molecule has 0 radical (unpaired) electrons. The molecule has 40 heavy (non-hydrogen) atoms. The molecule has 1 atom stereocenters. The standard InChI is InChI=1S/C28H34FN7O3S/c1-19-12-26-21(16-31-36(26)23-6-4-22(29)5-7-23)15-25(19)27-18-35(40(37,38)28-17-30-33(2)32-28)11-10-34(27)9-8-20-13-24(14-20)39-3/h4-7,12,15-17,20,24,27H,8-11,13-14,18H2,1-3H3/t20-,24+,27-/m0/s1. The molecule has 2 aromatic heterocycles. The van der Waals surface area contributed by atoms with Gasteiger partial charge in [-0.15, -0.1) is 5.10 Å². The number of rotatable bonds is 8. The normalized spacial score (nSPS) is 22.6. The van der Waals surface area contributed by atoms with E-state index in [0.717, 1.165) is 53.5 Å². The van der Waals surface area contributed by atoms with Crippen LogP contribution in [0.2, 0.25) is 0 Å². The number of ether oxygens (including phenoxy) is 1. The molecule has 0 bridgehead atoms. The third-order valence-electron chi connectivity index (χ3n) is 8.37. The summed E-state index contributed by atoms with van der Waals surface area (Å²) in [7, 11) is -0.404. The molecule has 4 aromatic rings. The van der Waals surface area contributed by atoms with Crippen LogP contribution in [0.1, 0.15) is 36.4 Å². The van der Waals surface area contributed by atoms with E-state index in [9.17, 15) is 12.8 Å². The predicted octanol–water partition coefficient (Wildman–Crippen LogP) is 3.46. The van der Waals surface area contributed by atoms with E-state index in [0.29, 0.717) is 31.7 Å². The highest BCUT2D eigenvalue weighted by atomic mass is 32.2. The number of nitrogens with zero attached hydrogens (tertiary/aromatic N) is 7. The Balaban J connectivity index is 1.32. The van der Waals surface area contributed by atoms with Crippen LogP contribution in [-0.4, -0.2) is 81.8 Å². The Kier molecular flexibility index (Phi) is 7.19. The number of fused-ring (bicyclic) bond motifs is 1. The molecule has 1 saturated heterocycles. The van der Waals surface area contributed by atoms with Gasteiger partial charge in [-0.25, -0.2) is 17.5 Å². The molecular formula is C28H34FN7O3S. The zero-order valence-corrected chi connectivity index (χ0v) is 23.8. The van der Waals surface area contributed by atoms with Crippen molar-refractivity contribution in [3.8, 4) is 5.69 Å². The lowest BCUT2D eigenvalue weighted by molar-refractivity contribution is -0.00784. The molecule has 0 amide bonds. The Morgan fingerprint density at radius 2 is 1.85 bits per heavy atom. The van der Waals surface area contributed by atoms with E-state index in [-0.39, 0.29) is 16.9 Å². The number of hydrogen-bond donors (Lipinski definition) is 0. The van der Waals surface area contributed by atoms with Crippen molar-refractivity contribution in [3.63, 3.8) is 0 Å². The van der Waals surface area contributed by atoms with Crippen LogP contribution in [0.5, 0.6) is 0 Å². The quantitative estimate of drug-likeness (QED) is 0.322. The zero-order valence-electron chi connectivity index (χ0n) is 22.9. The summed E-state index contributed by atoms with van der Waals surface area (Å²) in [5, 5.41) is 13.5. The fraction of sp³-hybridized carbons (Fsp3) is 0.464. The van der Waals surface area contributed by atoms with Crippen molar-refractivity contribution in [2.24, 2.45) is 13.0 Å². The minimum Gasteiger partial charge on any atom is -0.381 e. The maximum absolute atomic E-state index is 13.5. The van der Waals surface area contributed by atoms with Gasteiger partial charge in [-0.2, -0.15) is 19.3 Å². The van der Waals surface area contributed by atoms with Crippen molar-refractivity contribution < 1.29 is 17.5 Å². The number of benzene rings is 2. The average molecular weight is 568 g/mol. The van der Waals surface area contributed by atoms with Crippen LogP contribution in [0.4, 0.5) is 4.39 Å². The van der Waals surface area contributed by atoms with Gasteiger partial charge in [0.2, 0.25) is 5.03 Å². The molecule has 10 nitrogen and oxygen atoms in total. The number of piperazine rings is 1. The van der Waals surface area contributed by atoms with E-state index in [4.69, 9.17) is 4.74 Å². The van der Waals surface area contributed by atoms with Crippen LogP contribution in [0.15, 0.2) is 53.8 Å². The van der Waals surface area contributed by atoms with Gasteiger partial charge in [-0.1, -0.05) is 0 Å². The van der Waals surface area contributed by atoms with Crippen molar-refractivity contribution >= 4 is 20.9 Å². The molecule has 1 saturated carbocycles. The number of sulfonamides is 1. The van der Waals surface area contributed by atoms with E-state index in [1.807, 2.05) is 6.20 Å². The Hall–Kier alpha value is -3.19. The van der Waals surface area contributed by atoms with Gasteiger partial charge in [0.15, 0.2) is 0 Å². The fourth-order valence-electron chi connectivity index (χ4n) is 5.95. The first-order valence-corrected chi connectivity index (χ1v) is 15.0. The minimum atomic E-state index is -3.78. The Labute approximate surface area is 233 Å². The summed E-state index contributed by atoms with van der Waals surface area (Å²) < 4.78 is 49.3. The summed E-state index contributed by atoms with van der Waals surface area (Å²) in [6, 6.07) is 10.3. The highest BCUT2D eigenvalue weighted by molar-refractivity contribution is 7.89. The zero-order chi connectivity index (χ0) is 28.0. The molecule has 0 unspecified atom stereocenters. The van der Waals surface area contributed by atoms with E-state index >= 15 is 0 Å². The lowest BCUT2D eigenvalue weighted by Gasteiger charge is -2.43. The molecule has 0 spiro atoms. The molecule has 2 aliphatic rings. The van der Waals surface area contributed by atoms with Gasteiger partial charge in [0, 0.05) is 45.2 Å². The SMILES string of the molecule is CO[C@H]1C[C@@H](CCN2CCN(S(=O)(=O)c3cnn(C)n3)C[C@H]2c2cc3cnn(-c4ccc(F)cc4)c3cc2C)C1. The summed E-state index contributed by atoms with van der Waals surface area (Å²) in [4.78, 5) is 3.69. The van der Waals surface area contributed by atoms with Crippen LogP contribution in [-0.2, 0) is 21.8 Å². The van der Waals surface area contributed by atoms with Crippen LogP contribution in [0.3, 0.4) is 0 Å². The third-order valence-corrected chi connectivity index (χ3v) is 10.1. The fourth-order valence-corrected chi connectivity index (χ4v) is 7.27. The molecule has 6 rings (SSSR count). The molecular weight excluding hydrogens is 533 g/mol. The molecule has 12 heteroatoms. The summed E-state index contributed by atoms with van der Waals surface area (Å²) in [6.45, 7) is 4.28. The topological polar surface area (TPSA) is 98.4 Å². The van der Waals surface area contributed by atoms with Crippen molar-refractivity contribution in [1.82, 2.24) is 34.0 Å². The Morgan fingerprint density at radius 1 is 1.07 bits per heavy atom. The van der Waals surface area contributed by atoms with Crippen LogP contribution >= 0.6 is 0 Å². The van der Waals surface area contributed by atoms with Crippen LogP contribution in [0, 0.1) is 18.7 Å². The van der Waals surface area contributed by atoms with Gasteiger partial charge in [0.25, 0.3) is 10.0 Å². The van der Waals surface area contributed by atoms with Crippen molar-refractivity contribution in [2.75, 3.05) is 33.3 Å². The van der Waals surface area contributed by atoms with E-state index in [1.165, 1.54) is 27.4 Å². The number of hydrogen-bond acceptors (Lipinski definition) is 7. The van der Waals surface area contributed by atoms with Crippen molar-refractivity contribution in [2.45, 2.75) is 43.4 Å². The maximum atomic E-state index is 13.5. The predicted molar refractivity (Wildman–Crippen MR) is 148 cm³/mol. The molecule has 1 aliphatic heterocycles. The minimum absolute atomic E-state index is 0.0324. The highest BCUT2D eigenvalue weighted by Crippen LogP contribution is 2.36. The van der Waals surface area contributed by atoms with Gasteiger partial charge in [-0.05, 0) is 86.2 Å². The second-order valence-corrected chi connectivity index (χ2v) is 12.8. The van der Waals surface area contributed by atoms with Crippen molar-refractivity contribution in [3.05, 3.63) is 65.7 Å². The van der Waals surface area contributed by atoms with Gasteiger partial charge in [0.1, 0.15) is 5.82 Å². The second-order valence-electron chi connectivity index (χ2n) is 10.9. The van der Waals surface area contributed by atoms with Crippen molar-refractivity contribution in [1.29, 1.82) is 0 Å². The molecule has 3 heterocycles. The highest BCUT2D eigenvalue weighted by Gasteiger charge is 2.38. The van der Waals surface area contributed by atoms with E-state index in [1.54, 1.807) is 31.0 Å². The van der Waals surface area contributed by atoms with Gasteiger partial charge in [-0.3, -0.25) is 4.90 Å². The first-order valence-electron chi connectivity index (χ1n) is 13.6. The first kappa shape index (κ1) is 27.0. The summed E-state index contributed by atoms with van der Waals surface area (Å²) in [6.07, 6.45) is 6.68. The maximum Gasteiger partial charge on any atom is 0.264 e. The number of aryl methyl sites for hydroxylation is 2. The van der Waals surface area contributed by atoms with Gasteiger partial charge >= 0.3 is 0 Å². The lowest BCUT2D eigenvalue weighted by atomic mass is 9.80. The molecule has 1 aliphatic carbocycles. The average Bonchev–Trinajstić information content (AvgIpc) is 3.54. The van der Waals surface area contributed by atoms with Gasteiger partial charge < -0.3 is 4.74 Å². The smallest absolute Gasteiger partial charge is 0.264 e. The lowest BCUT2D eigenvalue weighted by Crippen LogP contribution is -2.51. The van der Waals surface area contributed by atoms with Crippen LogP contribution < -0.4 is 0 Å². The molecule has 212 valence electrons. The largest absolute Gasteiger partial charge is 0.381 e. The molecule has 2 fully saturated rings. The second kappa shape index (κ2) is 10.7. The number of methoxy groups -OCH3 is 1. The Bertz CT molecular complexity index is 1610. The molecule has 2 aromatic carbocycles. The monoisotopic (exact) mass is 567 g/mol. The first-order chi connectivity index (χ1) is 19.2. The third kappa shape index (κ3) is 5.05. The van der Waals surface area contributed by atoms with Gasteiger partial charge in [0.05, 0.1) is 29.7 Å². The number of aromatic nitrogens is 5. The molecule has 0 N–H and O–H groups in total. The van der Waals surface area contributed by atoms with Crippen LogP contribution in [0.25, 0.3) is 16.6 Å². The Morgan fingerprint density at radius 3 is 2.55 bits per heavy atom. The van der Waals surface area contributed by atoms with E-state index < -0.39 is 10.0 Å². The summed E-state index contributed by atoms with van der Waals surface area (Å²) >= 11 is 0. The summed E-state index contributed by atoms with van der Waals surface area (Å²) in [5.41, 5.74) is 3.82.